The zero-order valence-corrected chi connectivity index (χ0v) is 13.3. The summed E-state index contributed by atoms with van der Waals surface area (Å²) in [6.45, 7) is 2.73. The second-order valence-electron chi connectivity index (χ2n) is 4.98. The third kappa shape index (κ3) is 3.85. The predicted molar refractivity (Wildman–Crippen MR) is 81.9 cm³/mol. The van der Waals surface area contributed by atoms with E-state index in [0.29, 0.717) is 10.7 Å². The lowest BCUT2D eigenvalue weighted by atomic mass is 10.2. The highest BCUT2D eigenvalue weighted by atomic mass is 32.1. The quantitative estimate of drug-likeness (QED) is 0.837. The molecule has 2 aromatic rings. The lowest BCUT2D eigenvalue weighted by Crippen LogP contribution is -2.20. The molecule has 1 aliphatic heterocycles. The molecule has 1 saturated heterocycles. The number of aromatic nitrogens is 4. The van der Waals surface area contributed by atoms with E-state index in [-0.39, 0.29) is 11.4 Å². The normalized spacial score (nSPS) is 17.3. The van der Waals surface area contributed by atoms with Gasteiger partial charge in [-0.3, -0.25) is 0 Å². The molecule has 120 valence electrons. The summed E-state index contributed by atoms with van der Waals surface area (Å²) in [6.07, 6.45) is 2.24. The molecule has 9 heteroatoms. The summed E-state index contributed by atoms with van der Waals surface area (Å²) in [5.41, 5.74) is 6.53. The summed E-state index contributed by atoms with van der Waals surface area (Å²) in [4.78, 5) is 10.6. The SMILES string of the molecule is Cc1cc(C#Cc2nnc(OC(N)=O)s2)nn1C1CCCCO1. The first kappa shape index (κ1) is 15.5. The lowest BCUT2D eigenvalue weighted by molar-refractivity contribution is -0.0407. The Balaban J connectivity index is 1.73. The van der Waals surface area contributed by atoms with Gasteiger partial charge in [-0.05, 0) is 55.4 Å². The van der Waals surface area contributed by atoms with Crippen molar-refractivity contribution in [3.8, 4) is 17.0 Å². The molecule has 1 fully saturated rings. The zero-order chi connectivity index (χ0) is 16.2. The number of ether oxygens (including phenoxy) is 2. The first-order valence-electron chi connectivity index (χ1n) is 7.12. The van der Waals surface area contributed by atoms with Gasteiger partial charge in [-0.1, -0.05) is 5.10 Å². The van der Waals surface area contributed by atoms with Crippen LogP contribution in [0.2, 0.25) is 0 Å². The topological polar surface area (TPSA) is 105 Å². The first-order valence-corrected chi connectivity index (χ1v) is 7.94. The Hall–Kier alpha value is -2.44. The van der Waals surface area contributed by atoms with E-state index < -0.39 is 6.09 Å². The lowest BCUT2D eigenvalue weighted by Gasteiger charge is -2.23. The molecule has 0 spiro atoms. The molecule has 3 heterocycles. The fourth-order valence-electron chi connectivity index (χ4n) is 2.26. The molecule has 3 rings (SSSR count). The van der Waals surface area contributed by atoms with Gasteiger partial charge < -0.3 is 15.2 Å². The molecule has 8 nitrogen and oxygen atoms in total. The van der Waals surface area contributed by atoms with Gasteiger partial charge in [0.15, 0.2) is 5.01 Å². The number of rotatable bonds is 2. The number of aryl methyl sites for hydroxylation is 1. The molecule has 2 aromatic heterocycles. The summed E-state index contributed by atoms with van der Waals surface area (Å²) in [7, 11) is 0. The number of carbonyl (C=O) groups excluding carboxylic acids is 1. The number of nitrogens with zero attached hydrogens (tertiary/aromatic N) is 4. The Kier molecular flexibility index (Phi) is 4.55. The summed E-state index contributed by atoms with van der Waals surface area (Å²) < 4.78 is 12.2. The standard InChI is InChI=1S/C14H15N5O3S/c1-9-8-10(18-19(9)12-4-2-3-7-21-12)5-6-11-16-17-14(23-11)22-13(15)20/h8,12H,2-4,7H2,1H3,(H2,15,20). The van der Waals surface area contributed by atoms with Crippen LogP contribution in [0.5, 0.6) is 5.19 Å². The van der Waals surface area contributed by atoms with Gasteiger partial charge in [0, 0.05) is 12.3 Å². The predicted octanol–water partition coefficient (Wildman–Crippen LogP) is 1.60. The highest BCUT2D eigenvalue weighted by Gasteiger charge is 2.18. The third-order valence-electron chi connectivity index (χ3n) is 3.24. The van der Waals surface area contributed by atoms with Crippen LogP contribution in [-0.2, 0) is 4.74 Å². The minimum Gasteiger partial charge on any atom is -0.380 e. The van der Waals surface area contributed by atoms with Gasteiger partial charge in [-0.15, -0.1) is 5.10 Å². The molecule has 1 amide bonds. The van der Waals surface area contributed by atoms with Crippen molar-refractivity contribution in [2.24, 2.45) is 5.73 Å². The van der Waals surface area contributed by atoms with Crippen molar-refractivity contribution in [2.45, 2.75) is 32.4 Å². The van der Waals surface area contributed by atoms with Gasteiger partial charge in [-0.2, -0.15) is 5.10 Å². The molecule has 1 aliphatic rings. The van der Waals surface area contributed by atoms with Gasteiger partial charge in [0.1, 0.15) is 11.9 Å². The second kappa shape index (κ2) is 6.76. The van der Waals surface area contributed by atoms with Crippen molar-refractivity contribution in [3.05, 3.63) is 22.5 Å². The van der Waals surface area contributed by atoms with Crippen LogP contribution in [0.4, 0.5) is 4.79 Å². The second-order valence-corrected chi connectivity index (χ2v) is 5.92. The van der Waals surface area contributed by atoms with Gasteiger partial charge in [-0.25, -0.2) is 9.48 Å². The number of hydrogen-bond donors (Lipinski definition) is 1. The molecular formula is C14H15N5O3S. The average molecular weight is 333 g/mol. The number of amides is 1. The Labute approximate surface area is 136 Å². The van der Waals surface area contributed by atoms with Crippen molar-refractivity contribution < 1.29 is 14.3 Å². The van der Waals surface area contributed by atoms with Crippen LogP contribution >= 0.6 is 11.3 Å². The van der Waals surface area contributed by atoms with E-state index >= 15 is 0 Å². The van der Waals surface area contributed by atoms with E-state index in [9.17, 15) is 4.79 Å². The van der Waals surface area contributed by atoms with Crippen LogP contribution in [0.25, 0.3) is 0 Å². The fourth-order valence-corrected chi connectivity index (χ4v) is 2.82. The van der Waals surface area contributed by atoms with Gasteiger partial charge in [0.2, 0.25) is 0 Å². The van der Waals surface area contributed by atoms with Crippen molar-refractivity contribution in [1.29, 1.82) is 0 Å². The molecule has 0 saturated carbocycles. The molecular weight excluding hydrogens is 318 g/mol. The number of primary amides is 1. The van der Waals surface area contributed by atoms with E-state index in [1.54, 1.807) is 0 Å². The van der Waals surface area contributed by atoms with Crippen molar-refractivity contribution >= 4 is 17.4 Å². The minimum absolute atomic E-state index is 0.0172. The van der Waals surface area contributed by atoms with Crippen molar-refractivity contribution in [2.75, 3.05) is 6.61 Å². The van der Waals surface area contributed by atoms with Crippen LogP contribution in [0.1, 0.15) is 41.9 Å². The van der Waals surface area contributed by atoms with Crippen LogP contribution < -0.4 is 10.5 Å². The maximum atomic E-state index is 10.6. The number of carbonyl (C=O) groups is 1. The summed E-state index contributed by atoms with van der Waals surface area (Å²) in [5.74, 6) is 5.77. The Morgan fingerprint density at radius 3 is 3.09 bits per heavy atom. The van der Waals surface area contributed by atoms with Crippen molar-refractivity contribution in [1.82, 2.24) is 20.0 Å². The maximum Gasteiger partial charge on any atom is 0.411 e. The third-order valence-corrected chi connectivity index (χ3v) is 3.96. The van der Waals surface area contributed by atoms with E-state index in [1.165, 1.54) is 0 Å². The molecule has 0 aromatic carbocycles. The van der Waals surface area contributed by atoms with E-state index in [1.807, 2.05) is 17.7 Å². The molecule has 1 atom stereocenters. The fraction of sp³-hybridized carbons (Fsp3) is 0.429. The van der Waals surface area contributed by atoms with Gasteiger partial charge >= 0.3 is 11.3 Å². The summed E-state index contributed by atoms with van der Waals surface area (Å²) in [6, 6.07) is 1.90. The van der Waals surface area contributed by atoms with E-state index in [0.717, 1.165) is 42.9 Å². The molecule has 1 unspecified atom stereocenters. The highest BCUT2D eigenvalue weighted by Crippen LogP contribution is 2.23. The molecule has 0 aliphatic carbocycles. The van der Waals surface area contributed by atoms with Crippen LogP contribution in [0, 0.1) is 18.8 Å². The molecule has 0 radical (unpaired) electrons. The highest BCUT2D eigenvalue weighted by molar-refractivity contribution is 7.13. The Bertz CT molecular complexity index is 767. The Morgan fingerprint density at radius 2 is 2.35 bits per heavy atom. The monoisotopic (exact) mass is 333 g/mol. The molecule has 0 bridgehead atoms. The zero-order valence-electron chi connectivity index (χ0n) is 12.5. The van der Waals surface area contributed by atoms with Crippen LogP contribution in [0.15, 0.2) is 6.07 Å². The maximum absolute atomic E-state index is 10.6. The average Bonchev–Trinajstić information content (AvgIpc) is 3.12. The Morgan fingerprint density at radius 1 is 1.48 bits per heavy atom. The number of nitrogens with two attached hydrogens (primary N) is 1. The van der Waals surface area contributed by atoms with Gasteiger partial charge in [0.25, 0.3) is 0 Å². The smallest absolute Gasteiger partial charge is 0.380 e. The van der Waals surface area contributed by atoms with Gasteiger partial charge in [0.05, 0.1) is 0 Å². The largest absolute Gasteiger partial charge is 0.411 e. The molecule has 23 heavy (non-hydrogen) atoms. The molecule has 2 N–H and O–H groups in total. The van der Waals surface area contributed by atoms with Crippen LogP contribution in [-0.4, -0.2) is 32.7 Å². The van der Waals surface area contributed by atoms with Crippen molar-refractivity contribution in [3.63, 3.8) is 0 Å². The summed E-state index contributed by atoms with van der Waals surface area (Å²) in [5, 5.41) is 12.4. The summed E-state index contributed by atoms with van der Waals surface area (Å²) >= 11 is 1.04. The van der Waals surface area contributed by atoms with E-state index in [2.05, 4.69) is 31.9 Å². The minimum atomic E-state index is -0.928. The number of hydrogen-bond acceptors (Lipinski definition) is 7. The van der Waals surface area contributed by atoms with Crippen LogP contribution in [0.3, 0.4) is 0 Å². The van der Waals surface area contributed by atoms with E-state index in [4.69, 9.17) is 10.5 Å². The first-order chi connectivity index (χ1) is 11.1.